The first-order chi connectivity index (χ1) is 8.46. The highest BCUT2D eigenvalue weighted by atomic mass is 35.5. The van der Waals surface area contributed by atoms with E-state index in [1.807, 2.05) is 0 Å². The molecule has 1 N–H and O–H groups in total. The minimum absolute atomic E-state index is 0.171. The lowest BCUT2D eigenvalue weighted by molar-refractivity contribution is 0.310. The Balaban J connectivity index is 2.44. The number of hydrogen-bond donors (Lipinski definition) is 1. The third kappa shape index (κ3) is 5.13. The van der Waals surface area contributed by atoms with Crippen molar-refractivity contribution in [2.45, 2.75) is 33.2 Å². The van der Waals surface area contributed by atoms with Crippen LogP contribution in [0.4, 0.5) is 4.39 Å². The summed E-state index contributed by atoms with van der Waals surface area (Å²) in [7, 11) is 0. The molecule has 1 nitrogen and oxygen atoms in total. The topological polar surface area (TPSA) is 12.0 Å². The molecule has 0 radical (unpaired) electrons. The minimum Gasteiger partial charge on any atom is -0.312 e. The van der Waals surface area contributed by atoms with E-state index < -0.39 is 0 Å². The van der Waals surface area contributed by atoms with Crippen LogP contribution in [-0.4, -0.2) is 12.4 Å². The van der Waals surface area contributed by atoms with E-state index >= 15 is 0 Å². The highest BCUT2D eigenvalue weighted by Gasteiger charge is 2.17. The number of alkyl halides is 1. The summed E-state index contributed by atoms with van der Waals surface area (Å²) in [6.45, 7) is 5.69. The predicted molar refractivity (Wildman–Crippen MR) is 76.9 cm³/mol. The largest absolute Gasteiger partial charge is 0.312 e. The molecule has 1 rings (SSSR count). The molecule has 0 saturated carbocycles. The molecular formula is C14H20Cl2FN. The fourth-order valence-corrected chi connectivity index (χ4v) is 2.18. The van der Waals surface area contributed by atoms with Crippen molar-refractivity contribution in [1.29, 1.82) is 0 Å². The van der Waals surface area contributed by atoms with Crippen LogP contribution in [0.2, 0.25) is 5.02 Å². The van der Waals surface area contributed by atoms with Crippen molar-refractivity contribution < 1.29 is 4.39 Å². The van der Waals surface area contributed by atoms with Crippen molar-refractivity contribution >= 4 is 23.2 Å². The van der Waals surface area contributed by atoms with Gasteiger partial charge in [-0.1, -0.05) is 37.6 Å². The molecule has 0 spiro atoms. The van der Waals surface area contributed by atoms with Gasteiger partial charge in [-0.15, -0.1) is 11.6 Å². The first-order valence-electron chi connectivity index (χ1n) is 6.16. The quantitative estimate of drug-likeness (QED) is 0.723. The van der Waals surface area contributed by atoms with Crippen molar-refractivity contribution in [3.05, 3.63) is 34.6 Å². The van der Waals surface area contributed by atoms with Gasteiger partial charge in [-0.2, -0.15) is 0 Å². The lowest BCUT2D eigenvalue weighted by atomic mass is 9.88. The van der Waals surface area contributed by atoms with Gasteiger partial charge in [0.2, 0.25) is 0 Å². The van der Waals surface area contributed by atoms with E-state index in [1.165, 1.54) is 0 Å². The molecule has 0 fully saturated rings. The molecule has 0 bridgehead atoms. The summed E-state index contributed by atoms with van der Waals surface area (Å²) in [5.41, 5.74) is 0.778. The van der Waals surface area contributed by atoms with Gasteiger partial charge in [-0.25, -0.2) is 4.39 Å². The van der Waals surface area contributed by atoms with E-state index in [-0.39, 0.29) is 16.3 Å². The predicted octanol–water partition coefficient (Wildman–Crippen LogP) is 4.61. The van der Waals surface area contributed by atoms with Gasteiger partial charge in [0.25, 0.3) is 0 Å². The summed E-state index contributed by atoms with van der Waals surface area (Å²) < 4.78 is 13.6. The third-order valence-corrected chi connectivity index (χ3v) is 3.50. The maximum absolute atomic E-state index is 13.6. The van der Waals surface area contributed by atoms with E-state index in [0.29, 0.717) is 18.0 Å². The second-order valence-electron chi connectivity index (χ2n) is 5.27. The molecule has 0 saturated heterocycles. The van der Waals surface area contributed by atoms with E-state index in [1.54, 1.807) is 18.2 Å². The molecule has 0 amide bonds. The molecular weight excluding hydrogens is 272 g/mol. The van der Waals surface area contributed by atoms with Crippen LogP contribution in [0, 0.1) is 11.2 Å². The smallest absolute Gasteiger partial charge is 0.146 e. The van der Waals surface area contributed by atoms with Gasteiger partial charge >= 0.3 is 0 Å². The second-order valence-corrected chi connectivity index (χ2v) is 6.06. The molecule has 0 heterocycles. The van der Waals surface area contributed by atoms with Crippen LogP contribution in [0.25, 0.3) is 0 Å². The molecule has 0 aliphatic rings. The van der Waals surface area contributed by atoms with E-state index in [0.717, 1.165) is 19.4 Å². The molecule has 18 heavy (non-hydrogen) atoms. The van der Waals surface area contributed by atoms with Gasteiger partial charge < -0.3 is 5.32 Å². The van der Waals surface area contributed by atoms with Crippen LogP contribution >= 0.6 is 23.2 Å². The second kappa shape index (κ2) is 7.32. The summed E-state index contributed by atoms with van der Waals surface area (Å²) >= 11 is 11.4. The van der Waals surface area contributed by atoms with Gasteiger partial charge in [0, 0.05) is 24.5 Å². The van der Waals surface area contributed by atoms with Crippen LogP contribution in [0.15, 0.2) is 18.2 Å². The van der Waals surface area contributed by atoms with Crippen LogP contribution in [0.3, 0.4) is 0 Å². The summed E-state index contributed by atoms with van der Waals surface area (Å²) in [5.74, 6) is 0.358. The number of nitrogens with one attached hydrogen (secondary N) is 1. The Hall–Kier alpha value is -0.310. The number of benzene rings is 1. The van der Waals surface area contributed by atoms with Crippen molar-refractivity contribution in [3.63, 3.8) is 0 Å². The molecule has 0 unspecified atom stereocenters. The van der Waals surface area contributed by atoms with Gasteiger partial charge in [-0.05, 0) is 24.3 Å². The zero-order chi connectivity index (χ0) is 13.6. The Morgan fingerprint density at radius 3 is 2.72 bits per heavy atom. The Morgan fingerprint density at radius 1 is 1.33 bits per heavy atom. The molecule has 1 aromatic rings. The fraction of sp³-hybridized carbons (Fsp3) is 0.571. The molecule has 0 aliphatic heterocycles. The normalized spacial score (nSPS) is 11.8. The SMILES string of the molecule is CC(C)(CCCCl)CNCc1cccc(Cl)c1F. The Morgan fingerprint density at radius 2 is 2.06 bits per heavy atom. The van der Waals surface area contributed by atoms with E-state index in [2.05, 4.69) is 19.2 Å². The maximum atomic E-state index is 13.6. The molecule has 4 heteroatoms. The lowest BCUT2D eigenvalue weighted by Gasteiger charge is -2.24. The minimum atomic E-state index is -0.328. The number of rotatable bonds is 7. The Bertz CT molecular complexity index is 380. The van der Waals surface area contributed by atoms with E-state index in [9.17, 15) is 4.39 Å². The average Bonchev–Trinajstić information content (AvgIpc) is 2.32. The van der Waals surface area contributed by atoms with Crippen molar-refractivity contribution in [2.24, 2.45) is 5.41 Å². The maximum Gasteiger partial charge on any atom is 0.146 e. The monoisotopic (exact) mass is 291 g/mol. The Labute approximate surface area is 119 Å². The highest BCUT2D eigenvalue weighted by Crippen LogP contribution is 2.22. The summed E-state index contributed by atoms with van der Waals surface area (Å²) in [5, 5.41) is 3.45. The van der Waals surface area contributed by atoms with Crippen molar-refractivity contribution in [3.8, 4) is 0 Å². The van der Waals surface area contributed by atoms with Gasteiger partial charge in [0.1, 0.15) is 5.82 Å². The van der Waals surface area contributed by atoms with Crippen LogP contribution in [0.1, 0.15) is 32.3 Å². The zero-order valence-corrected chi connectivity index (χ0v) is 12.4. The van der Waals surface area contributed by atoms with Gasteiger partial charge in [-0.3, -0.25) is 0 Å². The molecule has 1 aromatic carbocycles. The number of hydrogen-bond acceptors (Lipinski definition) is 1. The third-order valence-electron chi connectivity index (χ3n) is 2.94. The van der Waals surface area contributed by atoms with Crippen LogP contribution in [-0.2, 0) is 6.54 Å². The zero-order valence-electron chi connectivity index (χ0n) is 10.9. The molecule has 0 aromatic heterocycles. The standard InChI is InChI=1S/C14H20Cl2FN/c1-14(2,7-4-8-15)10-18-9-11-5-3-6-12(16)13(11)17/h3,5-6,18H,4,7-10H2,1-2H3. The van der Waals surface area contributed by atoms with Gasteiger partial charge in [0.15, 0.2) is 0 Å². The first kappa shape index (κ1) is 15.7. The molecule has 0 atom stereocenters. The molecule has 102 valence electrons. The van der Waals surface area contributed by atoms with Gasteiger partial charge in [0.05, 0.1) is 5.02 Å². The Kier molecular flexibility index (Phi) is 6.40. The molecule has 0 aliphatic carbocycles. The summed E-state index contributed by atoms with van der Waals surface area (Å²) in [6.07, 6.45) is 2.06. The summed E-state index contributed by atoms with van der Waals surface area (Å²) in [4.78, 5) is 0. The average molecular weight is 292 g/mol. The van der Waals surface area contributed by atoms with Crippen LogP contribution < -0.4 is 5.32 Å². The van der Waals surface area contributed by atoms with Crippen molar-refractivity contribution in [1.82, 2.24) is 5.32 Å². The lowest BCUT2D eigenvalue weighted by Crippen LogP contribution is -2.29. The van der Waals surface area contributed by atoms with Crippen LogP contribution in [0.5, 0.6) is 0 Å². The number of halogens is 3. The highest BCUT2D eigenvalue weighted by molar-refractivity contribution is 6.30. The van der Waals surface area contributed by atoms with Crippen molar-refractivity contribution in [2.75, 3.05) is 12.4 Å². The fourth-order valence-electron chi connectivity index (χ4n) is 1.85. The summed E-state index contributed by atoms with van der Waals surface area (Å²) in [6, 6.07) is 5.08. The first-order valence-corrected chi connectivity index (χ1v) is 7.07. The van der Waals surface area contributed by atoms with E-state index in [4.69, 9.17) is 23.2 Å².